The van der Waals surface area contributed by atoms with Crippen LogP contribution in [-0.4, -0.2) is 52.9 Å². The van der Waals surface area contributed by atoms with Gasteiger partial charge in [0.1, 0.15) is 0 Å². The highest BCUT2D eigenvalue weighted by molar-refractivity contribution is 7.99. The van der Waals surface area contributed by atoms with Crippen LogP contribution in [0.3, 0.4) is 0 Å². The molecule has 2 aliphatic heterocycles. The molecule has 88 valence electrons. The predicted molar refractivity (Wildman–Crippen MR) is 68.0 cm³/mol. The van der Waals surface area contributed by atoms with Crippen molar-refractivity contribution in [3.63, 3.8) is 0 Å². The molecule has 0 aliphatic carbocycles. The first kappa shape index (κ1) is 11.9. The van der Waals surface area contributed by atoms with E-state index in [0.717, 1.165) is 31.1 Å². The van der Waals surface area contributed by atoms with Crippen molar-refractivity contribution in [2.75, 3.05) is 42.6 Å². The van der Waals surface area contributed by atoms with E-state index in [0.29, 0.717) is 12.0 Å². The van der Waals surface area contributed by atoms with Gasteiger partial charge in [0.05, 0.1) is 0 Å². The van der Waals surface area contributed by atoms with Crippen LogP contribution in [0.2, 0.25) is 0 Å². The smallest absolute Gasteiger partial charge is 0.0360 e. The summed E-state index contributed by atoms with van der Waals surface area (Å²) in [7, 11) is -0.607. The predicted octanol–water partition coefficient (Wildman–Crippen LogP) is 0.0496. The lowest BCUT2D eigenvalue weighted by atomic mass is 10.0. The summed E-state index contributed by atoms with van der Waals surface area (Å²) in [5, 5.41) is 7.01. The summed E-state index contributed by atoms with van der Waals surface area (Å²) in [6.07, 6.45) is 1.27. The second-order valence-electron chi connectivity index (χ2n) is 4.26. The Kier molecular flexibility index (Phi) is 4.94. The molecule has 2 fully saturated rings. The minimum absolute atomic E-state index is 0.555. The average molecular weight is 248 g/mol. The summed E-state index contributed by atoms with van der Waals surface area (Å²) in [6, 6.07) is 0.562. The van der Waals surface area contributed by atoms with Crippen LogP contribution < -0.4 is 10.6 Å². The third kappa shape index (κ3) is 3.73. The monoisotopic (exact) mass is 248 g/mol. The Labute approximate surface area is 98.6 Å². The summed E-state index contributed by atoms with van der Waals surface area (Å²) in [4.78, 5) is 0. The van der Waals surface area contributed by atoms with Crippen molar-refractivity contribution in [3.05, 3.63) is 0 Å². The van der Waals surface area contributed by atoms with Gasteiger partial charge in [0.15, 0.2) is 0 Å². The van der Waals surface area contributed by atoms with Crippen molar-refractivity contribution >= 4 is 22.6 Å². The third-order valence-corrected chi connectivity index (χ3v) is 5.68. The van der Waals surface area contributed by atoms with Crippen LogP contribution >= 0.6 is 11.8 Å². The number of hydrogen-bond acceptors (Lipinski definition) is 4. The zero-order valence-corrected chi connectivity index (χ0v) is 10.7. The number of hydrogen-bond donors (Lipinski definition) is 2. The molecule has 2 aliphatic rings. The molecule has 3 unspecified atom stereocenters. The first-order chi connectivity index (χ1) is 7.36. The Bertz CT molecular complexity index is 217. The van der Waals surface area contributed by atoms with Crippen molar-refractivity contribution in [2.24, 2.45) is 5.92 Å². The minimum atomic E-state index is -0.607. The summed E-state index contributed by atoms with van der Waals surface area (Å²) in [6.45, 7) is 3.08. The molecule has 0 amide bonds. The molecule has 3 nitrogen and oxygen atoms in total. The maximum Gasteiger partial charge on any atom is 0.0360 e. The molecule has 0 spiro atoms. The van der Waals surface area contributed by atoms with Gasteiger partial charge in [-0.15, -0.1) is 0 Å². The first-order valence-corrected chi connectivity index (χ1v) is 8.37. The Morgan fingerprint density at radius 3 is 3.20 bits per heavy atom. The van der Waals surface area contributed by atoms with E-state index in [1.165, 1.54) is 17.9 Å². The van der Waals surface area contributed by atoms with Gasteiger partial charge in [0.2, 0.25) is 0 Å². The van der Waals surface area contributed by atoms with Crippen molar-refractivity contribution < 1.29 is 4.21 Å². The molecule has 0 aromatic carbocycles. The van der Waals surface area contributed by atoms with E-state index < -0.39 is 10.8 Å². The Hall–Kier alpha value is 0.420. The highest BCUT2D eigenvalue weighted by Gasteiger charge is 2.25. The standard InChI is InChI=1S/C10H20N2OS2/c13-15-5-3-11-6-9(8-15)10-7-14-4-1-2-12-10/h9-12H,1-8H2. The van der Waals surface area contributed by atoms with Crippen LogP contribution in [0.4, 0.5) is 0 Å². The van der Waals surface area contributed by atoms with Gasteiger partial charge in [-0.1, -0.05) is 0 Å². The first-order valence-electron chi connectivity index (χ1n) is 5.73. The molecule has 0 saturated carbocycles. The van der Waals surface area contributed by atoms with Crippen LogP contribution in [0.15, 0.2) is 0 Å². The lowest BCUT2D eigenvalue weighted by Crippen LogP contribution is -2.43. The SMILES string of the molecule is O=S1CCNCC(C2CSCCCN2)C1. The summed E-state index contributed by atoms with van der Waals surface area (Å²) in [5.41, 5.74) is 0. The van der Waals surface area contributed by atoms with Gasteiger partial charge in [-0.2, -0.15) is 11.8 Å². The molecule has 0 radical (unpaired) electrons. The van der Waals surface area contributed by atoms with Gasteiger partial charge in [0.25, 0.3) is 0 Å². The Balaban J connectivity index is 1.91. The fourth-order valence-electron chi connectivity index (χ4n) is 2.15. The van der Waals surface area contributed by atoms with E-state index in [4.69, 9.17) is 0 Å². The van der Waals surface area contributed by atoms with Crippen molar-refractivity contribution in [3.8, 4) is 0 Å². The molecule has 0 aromatic rings. The zero-order valence-electron chi connectivity index (χ0n) is 9.04. The van der Waals surface area contributed by atoms with Crippen LogP contribution in [0.25, 0.3) is 0 Å². The third-order valence-electron chi connectivity index (χ3n) is 3.05. The van der Waals surface area contributed by atoms with Gasteiger partial charge in [-0.3, -0.25) is 4.21 Å². The van der Waals surface area contributed by atoms with Crippen molar-refractivity contribution in [1.82, 2.24) is 10.6 Å². The molecule has 0 bridgehead atoms. The summed E-state index contributed by atoms with van der Waals surface area (Å²) < 4.78 is 11.7. The molecule has 0 aromatic heterocycles. The van der Waals surface area contributed by atoms with Crippen molar-refractivity contribution in [1.29, 1.82) is 0 Å². The molecule has 2 heterocycles. The molecule has 5 heteroatoms. The van der Waals surface area contributed by atoms with Gasteiger partial charge in [0, 0.05) is 47.2 Å². The molecule has 2 saturated heterocycles. The maximum absolute atomic E-state index is 11.7. The van der Waals surface area contributed by atoms with E-state index in [9.17, 15) is 4.21 Å². The normalized spacial score (nSPS) is 39.3. The van der Waals surface area contributed by atoms with Gasteiger partial charge in [-0.25, -0.2) is 0 Å². The van der Waals surface area contributed by atoms with Gasteiger partial charge >= 0.3 is 0 Å². The molecule has 15 heavy (non-hydrogen) atoms. The number of nitrogens with one attached hydrogen (secondary N) is 2. The van der Waals surface area contributed by atoms with E-state index in [2.05, 4.69) is 10.6 Å². The molecule has 2 N–H and O–H groups in total. The average Bonchev–Trinajstić information content (AvgIpc) is 2.59. The lowest BCUT2D eigenvalue weighted by Gasteiger charge is -2.24. The fourth-order valence-corrected chi connectivity index (χ4v) is 4.67. The van der Waals surface area contributed by atoms with E-state index >= 15 is 0 Å². The molecular weight excluding hydrogens is 228 g/mol. The maximum atomic E-state index is 11.7. The lowest BCUT2D eigenvalue weighted by molar-refractivity contribution is 0.401. The topological polar surface area (TPSA) is 41.1 Å². The Morgan fingerprint density at radius 2 is 2.27 bits per heavy atom. The zero-order chi connectivity index (χ0) is 10.5. The molecular formula is C10H20N2OS2. The minimum Gasteiger partial charge on any atom is -0.315 e. The summed E-state index contributed by atoms with van der Waals surface area (Å²) in [5.74, 6) is 4.72. The highest BCUT2D eigenvalue weighted by Crippen LogP contribution is 2.16. The van der Waals surface area contributed by atoms with Crippen LogP contribution in [0, 0.1) is 5.92 Å². The second-order valence-corrected chi connectivity index (χ2v) is 7.03. The quantitative estimate of drug-likeness (QED) is 0.688. The summed E-state index contributed by atoms with van der Waals surface area (Å²) >= 11 is 2.04. The highest BCUT2D eigenvalue weighted by atomic mass is 32.2. The molecule has 3 atom stereocenters. The fraction of sp³-hybridized carbons (Fsp3) is 1.00. The van der Waals surface area contributed by atoms with Crippen LogP contribution in [0.5, 0.6) is 0 Å². The van der Waals surface area contributed by atoms with E-state index in [-0.39, 0.29) is 0 Å². The largest absolute Gasteiger partial charge is 0.315 e. The van der Waals surface area contributed by atoms with E-state index in [1.54, 1.807) is 0 Å². The van der Waals surface area contributed by atoms with Crippen molar-refractivity contribution in [2.45, 2.75) is 12.5 Å². The van der Waals surface area contributed by atoms with Crippen LogP contribution in [0.1, 0.15) is 6.42 Å². The second kappa shape index (κ2) is 6.23. The molecule has 2 rings (SSSR count). The van der Waals surface area contributed by atoms with Gasteiger partial charge < -0.3 is 10.6 Å². The Morgan fingerprint density at radius 1 is 1.33 bits per heavy atom. The van der Waals surface area contributed by atoms with E-state index in [1.807, 2.05) is 11.8 Å². The number of rotatable bonds is 1. The van der Waals surface area contributed by atoms with Gasteiger partial charge in [-0.05, 0) is 24.6 Å². The van der Waals surface area contributed by atoms with Crippen LogP contribution in [-0.2, 0) is 10.8 Å². The number of thioether (sulfide) groups is 1.